The Balaban J connectivity index is 4.63. The summed E-state index contributed by atoms with van der Waals surface area (Å²) in [5, 5.41) is 46.5. The highest BCUT2D eigenvalue weighted by molar-refractivity contribution is 5.81. The van der Waals surface area contributed by atoms with Crippen LogP contribution in [0.1, 0.15) is 20.8 Å². The van der Waals surface area contributed by atoms with Crippen molar-refractivity contribution in [3.8, 4) is 0 Å². The highest BCUT2D eigenvalue weighted by Gasteiger charge is 2.36. The number of carbonyl (C=O) groups excluding carboxylic acids is 1. The standard InChI is InChI=1S/C12H25NO6/c1-12(2,3)6-13(4)11(19)10(18)9(17)8(16)7(15)5-14/h7-10,14-18H,5-6H2,1-4H3. The average molecular weight is 279 g/mol. The van der Waals surface area contributed by atoms with Crippen LogP contribution in [-0.4, -0.2) is 81.0 Å². The summed E-state index contributed by atoms with van der Waals surface area (Å²) in [7, 11) is 1.47. The van der Waals surface area contributed by atoms with Gasteiger partial charge in [-0.1, -0.05) is 20.8 Å². The summed E-state index contributed by atoms with van der Waals surface area (Å²) in [5.41, 5.74) is -0.182. The first kappa shape index (κ1) is 18.3. The van der Waals surface area contributed by atoms with E-state index >= 15 is 0 Å². The van der Waals surface area contributed by atoms with Crippen LogP contribution < -0.4 is 0 Å². The number of hydrogen-bond acceptors (Lipinski definition) is 6. The number of amides is 1. The summed E-state index contributed by atoms with van der Waals surface area (Å²) >= 11 is 0. The number of hydrogen-bond donors (Lipinski definition) is 5. The molecular weight excluding hydrogens is 254 g/mol. The second-order valence-electron chi connectivity index (χ2n) is 5.93. The third-order valence-corrected chi connectivity index (χ3v) is 2.60. The molecule has 1 amide bonds. The van der Waals surface area contributed by atoms with E-state index in [4.69, 9.17) is 10.2 Å². The Labute approximate surface area is 113 Å². The lowest BCUT2D eigenvalue weighted by Crippen LogP contribution is -2.52. The molecular formula is C12H25NO6. The second kappa shape index (κ2) is 7.16. The van der Waals surface area contributed by atoms with E-state index in [1.807, 2.05) is 20.8 Å². The summed E-state index contributed by atoms with van der Waals surface area (Å²) in [6.07, 6.45) is -7.14. The molecule has 7 heteroatoms. The van der Waals surface area contributed by atoms with Crippen molar-refractivity contribution in [2.24, 2.45) is 5.41 Å². The van der Waals surface area contributed by atoms with Gasteiger partial charge in [0.2, 0.25) is 0 Å². The Kier molecular flexibility index (Phi) is 6.88. The highest BCUT2D eigenvalue weighted by Crippen LogP contribution is 2.16. The number of aliphatic hydroxyl groups is 5. The molecule has 19 heavy (non-hydrogen) atoms. The quantitative estimate of drug-likeness (QED) is 0.381. The lowest BCUT2D eigenvalue weighted by Gasteiger charge is -2.31. The van der Waals surface area contributed by atoms with E-state index in [1.165, 1.54) is 11.9 Å². The van der Waals surface area contributed by atoms with Crippen molar-refractivity contribution in [2.75, 3.05) is 20.2 Å². The maximum atomic E-state index is 11.8. The lowest BCUT2D eigenvalue weighted by atomic mass is 9.95. The molecule has 0 saturated carbocycles. The minimum absolute atomic E-state index is 0.182. The predicted octanol–water partition coefficient (Wildman–Crippen LogP) is -2.07. The van der Waals surface area contributed by atoms with Crippen LogP contribution in [0.2, 0.25) is 0 Å². The molecule has 114 valence electrons. The van der Waals surface area contributed by atoms with E-state index in [-0.39, 0.29) is 5.41 Å². The average Bonchev–Trinajstić information content (AvgIpc) is 2.31. The molecule has 0 fully saturated rings. The maximum Gasteiger partial charge on any atom is 0.253 e. The third-order valence-electron chi connectivity index (χ3n) is 2.60. The predicted molar refractivity (Wildman–Crippen MR) is 68.2 cm³/mol. The first-order valence-corrected chi connectivity index (χ1v) is 6.09. The van der Waals surface area contributed by atoms with Crippen LogP contribution in [0.3, 0.4) is 0 Å². The van der Waals surface area contributed by atoms with Crippen molar-refractivity contribution in [2.45, 2.75) is 45.2 Å². The number of likely N-dealkylation sites (N-methyl/N-ethyl adjacent to an activating group) is 1. The molecule has 0 aromatic carbocycles. The molecule has 4 atom stereocenters. The molecule has 0 rings (SSSR count). The van der Waals surface area contributed by atoms with E-state index in [9.17, 15) is 20.1 Å². The van der Waals surface area contributed by atoms with Crippen molar-refractivity contribution in [1.82, 2.24) is 4.90 Å². The molecule has 0 radical (unpaired) electrons. The van der Waals surface area contributed by atoms with E-state index in [0.717, 1.165) is 0 Å². The molecule has 0 heterocycles. The summed E-state index contributed by atoms with van der Waals surface area (Å²) in [5.74, 6) is -0.758. The number of nitrogens with zero attached hydrogens (tertiary/aromatic N) is 1. The van der Waals surface area contributed by atoms with Gasteiger partial charge in [-0.05, 0) is 5.41 Å². The second-order valence-corrected chi connectivity index (χ2v) is 5.93. The number of carbonyl (C=O) groups is 1. The first-order chi connectivity index (χ1) is 8.51. The zero-order valence-corrected chi connectivity index (χ0v) is 11.8. The van der Waals surface area contributed by atoms with Gasteiger partial charge in [-0.25, -0.2) is 0 Å². The van der Waals surface area contributed by atoms with Gasteiger partial charge in [-0.2, -0.15) is 0 Å². The lowest BCUT2D eigenvalue weighted by molar-refractivity contribution is -0.158. The largest absolute Gasteiger partial charge is 0.394 e. The fourth-order valence-electron chi connectivity index (χ4n) is 1.68. The number of aliphatic hydroxyl groups excluding tert-OH is 5. The van der Waals surface area contributed by atoms with Gasteiger partial charge in [0, 0.05) is 13.6 Å². The zero-order valence-electron chi connectivity index (χ0n) is 11.8. The van der Waals surface area contributed by atoms with Gasteiger partial charge in [-0.3, -0.25) is 4.79 Å². The SMILES string of the molecule is CN(CC(C)(C)C)C(=O)C(O)C(O)C(O)C(O)CO. The van der Waals surface area contributed by atoms with Gasteiger partial charge in [0.25, 0.3) is 5.91 Å². The van der Waals surface area contributed by atoms with Crippen LogP contribution in [0.15, 0.2) is 0 Å². The van der Waals surface area contributed by atoms with E-state index in [1.54, 1.807) is 0 Å². The van der Waals surface area contributed by atoms with Gasteiger partial charge >= 0.3 is 0 Å². The van der Waals surface area contributed by atoms with Gasteiger partial charge in [0.1, 0.15) is 18.3 Å². The van der Waals surface area contributed by atoms with E-state index in [0.29, 0.717) is 6.54 Å². The van der Waals surface area contributed by atoms with Crippen LogP contribution in [0.5, 0.6) is 0 Å². The van der Waals surface area contributed by atoms with E-state index in [2.05, 4.69) is 0 Å². The first-order valence-electron chi connectivity index (χ1n) is 6.09. The Morgan fingerprint density at radius 2 is 1.58 bits per heavy atom. The molecule has 0 aromatic rings. The smallest absolute Gasteiger partial charge is 0.253 e. The minimum atomic E-state index is -1.86. The summed E-state index contributed by atoms with van der Waals surface area (Å²) < 4.78 is 0. The van der Waals surface area contributed by atoms with Crippen molar-refractivity contribution in [1.29, 1.82) is 0 Å². The van der Waals surface area contributed by atoms with Gasteiger partial charge < -0.3 is 30.4 Å². The molecule has 0 aliphatic rings. The van der Waals surface area contributed by atoms with Crippen molar-refractivity contribution in [3.63, 3.8) is 0 Å². The molecule has 0 bridgehead atoms. The summed E-state index contributed by atoms with van der Waals surface area (Å²) in [6.45, 7) is 5.29. The van der Waals surface area contributed by atoms with Crippen LogP contribution in [0.25, 0.3) is 0 Å². The van der Waals surface area contributed by atoms with Gasteiger partial charge in [-0.15, -0.1) is 0 Å². The fourth-order valence-corrected chi connectivity index (χ4v) is 1.68. The van der Waals surface area contributed by atoms with Crippen LogP contribution >= 0.6 is 0 Å². The Morgan fingerprint density at radius 1 is 1.11 bits per heavy atom. The normalized spacial score (nSPS) is 18.6. The Bertz CT molecular complexity index is 290. The molecule has 0 aliphatic heterocycles. The van der Waals surface area contributed by atoms with Gasteiger partial charge in [0.15, 0.2) is 6.10 Å². The minimum Gasteiger partial charge on any atom is -0.394 e. The topological polar surface area (TPSA) is 121 Å². The molecule has 4 unspecified atom stereocenters. The van der Waals surface area contributed by atoms with Crippen LogP contribution in [-0.2, 0) is 4.79 Å². The number of rotatable bonds is 6. The fraction of sp³-hybridized carbons (Fsp3) is 0.917. The summed E-state index contributed by atoms with van der Waals surface area (Å²) in [6, 6.07) is 0. The highest BCUT2D eigenvalue weighted by atomic mass is 16.4. The van der Waals surface area contributed by atoms with Crippen LogP contribution in [0.4, 0.5) is 0 Å². The monoisotopic (exact) mass is 279 g/mol. The third kappa shape index (κ3) is 5.84. The van der Waals surface area contributed by atoms with Crippen LogP contribution in [0, 0.1) is 5.41 Å². The van der Waals surface area contributed by atoms with E-state index < -0.39 is 36.9 Å². The maximum absolute atomic E-state index is 11.8. The Hall–Kier alpha value is -0.730. The van der Waals surface area contributed by atoms with Crippen molar-refractivity contribution < 1.29 is 30.3 Å². The van der Waals surface area contributed by atoms with Gasteiger partial charge in [0.05, 0.1) is 6.61 Å². The molecule has 0 aliphatic carbocycles. The summed E-state index contributed by atoms with van der Waals surface area (Å²) in [4.78, 5) is 13.1. The zero-order chi connectivity index (χ0) is 15.4. The molecule has 5 N–H and O–H groups in total. The molecule has 0 spiro atoms. The van der Waals surface area contributed by atoms with Crippen molar-refractivity contribution in [3.05, 3.63) is 0 Å². The molecule has 0 saturated heterocycles. The Morgan fingerprint density at radius 3 is 1.95 bits per heavy atom. The van der Waals surface area contributed by atoms with Crippen molar-refractivity contribution >= 4 is 5.91 Å². The molecule has 7 nitrogen and oxygen atoms in total. The molecule has 0 aromatic heterocycles.